The lowest BCUT2D eigenvalue weighted by atomic mass is 10.1. The van der Waals surface area contributed by atoms with E-state index in [0.29, 0.717) is 5.65 Å². The van der Waals surface area contributed by atoms with Crippen LogP contribution < -0.4 is 0 Å². The van der Waals surface area contributed by atoms with Crippen LogP contribution >= 0.6 is 11.8 Å². The molecule has 1 aromatic carbocycles. The number of imidazole rings is 1. The molecule has 28 heavy (non-hydrogen) atoms. The van der Waals surface area contributed by atoms with Crippen molar-refractivity contribution in [2.45, 2.75) is 25.5 Å². The van der Waals surface area contributed by atoms with Gasteiger partial charge in [-0.3, -0.25) is 9.78 Å². The van der Waals surface area contributed by atoms with Gasteiger partial charge in [-0.1, -0.05) is 41.6 Å². The Morgan fingerprint density at radius 2 is 1.96 bits per heavy atom. The van der Waals surface area contributed by atoms with Gasteiger partial charge in [-0.05, 0) is 42.7 Å². The summed E-state index contributed by atoms with van der Waals surface area (Å²) in [5.74, 6) is 0.774. The van der Waals surface area contributed by atoms with E-state index < -0.39 is 0 Å². The first-order valence-corrected chi connectivity index (χ1v) is 9.95. The minimum atomic E-state index is -0.0853. The van der Waals surface area contributed by atoms with Crippen molar-refractivity contribution < 1.29 is 4.79 Å². The number of carbonyl (C=O) groups excluding carboxylic acids is 1. The van der Waals surface area contributed by atoms with Crippen molar-refractivity contribution in [1.29, 1.82) is 0 Å². The molecule has 140 valence electrons. The highest BCUT2D eigenvalue weighted by atomic mass is 32.2. The van der Waals surface area contributed by atoms with Crippen LogP contribution in [0.1, 0.15) is 29.1 Å². The van der Waals surface area contributed by atoms with Gasteiger partial charge in [0.25, 0.3) is 0 Å². The number of H-pyrrole nitrogens is 1. The first-order valence-electron chi connectivity index (χ1n) is 9.07. The van der Waals surface area contributed by atoms with Gasteiger partial charge in [0.05, 0.1) is 10.8 Å². The maximum Gasteiger partial charge on any atom is 0.186 e. The summed E-state index contributed by atoms with van der Waals surface area (Å²) in [6.07, 6.45) is 6.07. The van der Waals surface area contributed by atoms with Gasteiger partial charge < -0.3 is 4.98 Å². The molecule has 1 unspecified atom stereocenters. The number of aromatic nitrogens is 4. The van der Waals surface area contributed by atoms with Gasteiger partial charge in [0.15, 0.2) is 10.8 Å². The summed E-state index contributed by atoms with van der Waals surface area (Å²) >= 11 is 1.30. The Bertz CT molecular complexity index is 1120. The molecule has 0 saturated heterocycles. The van der Waals surface area contributed by atoms with Crippen molar-refractivity contribution in [3.8, 4) is 11.1 Å². The van der Waals surface area contributed by atoms with E-state index in [1.807, 2.05) is 30.5 Å². The largest absolute Gasteiger partial charge is 0.340 e. The molecule has 0 bridgehead atoms. The number of fused-ring (bicyclic) bond motifs is 1. The second-order valence-corrected chi connectivity index (χ2v) is 8.12. The highest BCUT2D eigenvalue weighted by Crippen LogP contribution is 2.33. The molecule has 0 fully saturated rings. The number of hydrogen-bond donors (Lipinski definition) is 1. The lowest BCUT2D eigenvalue weighted by molar-refractivity contribution is -0.109. The number of nitrogens with one attached hydrogen (secondary N) is 1. The lowest BCUT2D eigenvalue weighted by Gasteiger charge is -2.12. The Morgan fingerprint density at radius 3 is 2.71 bits per heavy atom. The summed E-state index contributed by atoms with van der Waals surface area (Å²) in [5.41, 5.74) is 5.96. The summed E-state index contributed by atoms with van der Waals surface area (Å²) in [6, 6.07) is 14.3. The predicted molar refractivity (Wildman–Crippen MR) is 113 cm³/mol. The number of nitrogens with zero attached hydrogens (tertiary/aromatic N) is 3. The van der Waals surface area contributed by atoms with Gasteiger partial charge >= 0.3 is 0 Å². The van der Waals surface area contributed by atoms with Gasteiger partial charge in [-0.2, -0.15) is 0 Å². The minimum Gasteiger partial charge on any atom is -0.340 e. The van der Waals surface area contributed by atoms with E-state index in [2.05, 4.69) is 45.1 Å². The quantitative estimate of drug-likeness (QED) is 0.527. The third-order valence-electron chi connectivity index (χ3n) is 4.49. The van der Waals surface area contributed by atoms with E-state index in [-0.39, 0.29) is 10.4 Å². The van der Waals surface area contributed by atoms with E-state index in [1.165, 1.54) is 22.9 Å². The molecule has 3 aromatic heterocycles. The Morgan fingerprint density at radius 1 is 1.14 bits per heavy atom. The molecule has 0 spiro atoms. The molecule has 0 aliphatic heterocycles. The van der Waals surface area contributed by atoms with E-state index in [0.717, 1.165) is 28.9 Å². The van der Waals surface area contributed by atoms with E-state index in [1.54, 1.807) is 19.3 Å². The van der Waals surface area contributed by atoms with Crippen LogP contribution in [0.4, 0.5) is 0 Å². The molecular formula is C22H20N4OS. The van der Waals surface area contributed by atoms with Crippen LogP contribution in [-0.4, -0.2) is 25.1 Å². The number of pyridine rings is 2. The third-order valence-corrected chi connectivity index (χ3v) is 5.49. The zero-order valence-electron chi connectivity index (χ0n) is 15.7. The molecule has 0 aliphatic carbocycles. The summed E-state index contributed by atoms with van der Waals surface area (Å²) < 4.78 is 0. The molecule has 1 atom stereocenters. The number of aryl methyl sites for hydroxylation is 1. The average molecular weight is 388 g/mol. The van der Waals surface area contributed by atoms with Gasteiger partial charge in [0, 0.05) is 31.1 Å². The number of hydrogen-bond acceptors (Lipinski definition) is 5. The predicted octanol–water partition coefficient (Wildman–Crippen LogP) is 4.89. The van der Waals surface area contributed by atoms with Crippen LogP contribution in [0.3, 0.4) is 0 Å². The fourth-order valence-electron chi connectivity index (χ4n) is 3.22. The summed E-state index contributed by atoms with van der Waals surface area (Å²) in [7, 11) is 0. The molecule has 6 heteroatoms. The van der Waals surface area contributed by atoms with Crippen molar-refractivity contribution in [3.63, 3.8) is 0 Å². The average Bonchev–Trinajstić information content (AvgIpc) is 3.11. The van der Waals surface area contributed by atoms with E-state index >= 15 is 0 Å². The topological polar surface area (TPSA) is 71.5 Å². The molecule has 0 amide bonds. The van der Waals surface area contributed by atoms with Crippen molar-refractivity contribution in [3.05, 3.63) is 78.0 Å². The molecule has 4 aromatic rings. The van der Waals surface area contributed by atoms with Gasteiger partial charge in [-0.25, -0.2) is 9.97 Å². The Balaban J connectivity index is 1.68. The number of thioether (sulfide) groups is 1. The molecule has 0 aliphatic rings. The second-order valence-electron chi connectivity index (χ2n) is 6.74. The van der Waals surface area contributed by atoms with Gasteiger partial charge in [0.2, 0.25) is 0 Å². The number of aromatic amines is 1. The zero-order chi connectivity index (χ0) is 19.5. The first-order chi connectivity index (χ1) is 13.6. The molecule has 1 N–H and O–H groups in total. The van der Waals surface area contributed by atoms with Crippen LogP contribution in [0.15, 0.2) is 61.1 Å². The molecule has 0 radical (unpaired) electrons. The van der Waals surface area contributed by atoms with Gasteiger partial charge in [0.1, 0.15) is 5.82 Å². The van der Waals surface area contributed by atoms with Crippen molar-refractivity contribution >= 4 is 28.0 Å². The van der Waals surface area contributed by atoms with Crippen molar-refractivity contribution in [1.82, 2.24) is 19.9 Å². The summed E-state index contributed by atoms with van der Waals surface area (Å²) in [4.78, 5) is 28.5. The zero-order valence-corrected chi connectivity index (χ0v) is 16.5. The van der Waals surface area contributed by atoms with Crippen LogP contribution in [0.2, 0.25) is 0 Å². The Hall–Kier alpha value is -2.99. The fraction of sp³-hybridized carbons (Fsp3) is 0.182. The smallest absolute Gasteiger partial charge is 0.186 e. The third kappa shape index (κ3) is 4.12. The normalized spacial score (nSPS) is 12.2. The maximum atomic E-state index is 11.8. The first kappa shape index (κ1) is 18.4. The van der Waals surface area contributed by atoms with E-state index in [9.17, 15) is 4.79 Å². The molecule has 0 saturated carbocycles. The molecule has 5 nitrogen and oxygen atoms in total. The SMILES string of the molecule is CC(=O)SC(Cc1cccc(C)c1)c1nc2ncc(-c3ccncc3)cc2[nH]1. The molecular weight excluding hydrogens is 368 g/mol. The number of rotatable bonds is 5. The van der Waals surface area contributed by atoms with Crippen LogP contribution in [0.5, 0.6) is 0 Å². The lowest BCUT2D eigenvalue weighted by Crippen LogP contribution is -2.04. The summed E-state index contributed by atoms with van der Waals surface area (Å²) in [5, 5.41) is -0.0126. The van der Waals surface area contributed by atoms with E-state index in [4.69, 9.17) is 0 Å². The number of carbonyl (C=O) groups is 1. The fourth-order valence-corrected chi connectivity index (χ4v) is 4.12. The van der Waals surface area contributed by atoms with Crippen molar-refractivity contribution in [2.75, 3.05) is 0 Å². The number of benzene rings is 1. The molecule has 4 rings (SSSR count). The van der Waals surface area contributed by atoms with Crippen LogP contribution in [-0.2, 0) is 11.2 Å². The summed E-state index contributed by atoms with van der Waals surface area (Å²) in [6.45, 7) is 3.67. The van der Waals surface area contributed by atoms with Crippen LogP contribution in [0.25, 0.3) is 22.3 Å². The second kappa shape index (κ2) is 7.94. The van der Waals surface area contributed by atoms with Crippen LogP contribution in [0, 0.1) is 6.92 Å². The Labute approximate surface area is 167 Å². The van der Waals surface area contributed by atoms with Gasteiger partial charge in [-0.15, -0.1) is 0 Å². The Kier molecular flexibility index (Phi) is 5.21. The monoisotopic (exact) mass is 388 g/mol. The van der Waals surface area contributed by atoms with Crippen molar-refractivity contribution in [2.24, 2.45) is 0 Å². The maximum absolute atomic E-state index is 11.8. The highest BCUT2D eigenvalue weighted by Gasteiger charge is 2.20. The standard InChI is InChI=1S/C22H20N4OS/c1-14-4-3-5-16(10-14)11-20(28-15(2)27)22-25-19-12-18(13-24-21(19)26-22)17-6-8-23-9-7-17/h3-10,12-13,20H,11H2,1-2H3,(H,24,25,26). The highest BCUT2D eigenvalue weighted by molar-refractivity contribution is 8.13. The minimum absolute atomic E-state index is 0.0727. The molecule has 3 heterocycles.